The SMILES string of the molecule is Cn1c(C2CC(=O)N(c3noc4ccccc34)C2)nc2ccccc21. The number of amides is 1. The summed E-state index contributed by atoms with van der Waals surface area (Å²) < 4.78 is 7.44. The second-order valence-electron chi connectivity index (χ2n) is 6.43. The molecule has 1 aliphatic heterocycles. The first kappa shape index (κ1) is 14.2. The van der Waals surface area contributed by atoms with Gasteiger partial charge in [-0.15, -0.1) is 0 Å². The summed E-state index contributed by atoms with van der Waals surface area (Å²) in [5, 5.41) is 4.99. The molecule has 0 aliphatic carbocycles. The molecule has 5 rings (SSSR count). The normalized spacial score (nSPS) is 17.9. The Balaban J connectivity index is 1.54. The summed E-state index contributed by atoms with van der Waals surface area (Å²) in [5.41, 5.74) is 2.73. The molecule has 0 bridgehead atoms. The Morgan fingerprint density at radius 1 is 1.12 bits per heavy atom. The van der Waals surface area contributed by atoms with Gasteiger partial charge < -0.3 is 9.09 Å². The smallest absolute Gasteiger partial charge is 0.229 e. The number of carbonyl (C=O) groups is 1. The van der Waals surface area contributed by atoms with Gasteiger partial charge >= 0.3 is 0 Å². The maximum atomic E-state index is 12.6. The van der Waals surface area contributed by atoms with E-state index >= 15 is 0 Å². The number of para-hydroxylation sites is 3. The minimum Gasteiger partial charge on any atom is -0.354 e. The fourth-order valence-corrected chi connectivity index (χ4v) is 3.68. The molecule has 6 nitrogen and oxygen atoms in total. The highest BCUT2D eigenvalue weighted by Gasteiger charge is 2.36. The highest BCUT2D eigenvalue weighted by Crippen LogP contribution is 2.35. The summed E-state index contributed by atoms with van der Waals surface area (Å²) >= 11 is 0. The van der Waals surface area contributed by atoms with Crippen molar-refractivity contribution in [3.8, 4) is 0 Å². The fourth-order valence-electron chi connectivity index (χ4n) is 3.68. The number of fused-ring (bicyclic) bond motifs is 2. The Kier molecular flexibility index (Phi) is 2.94. The van der Waals surface area contributed by atoms with Gasteiger partial charge in [-0.25, -0.2) is 4.98 Å². The van der Waals surface area contributed by atoms with Gasteiger partial charge in [0.1, 0.15) is 5.82 Å². The Labute approximate surface area is 143 Å². The van der Waals surface area contributed by atoms with Crippen molar-refractivity contribution >= 4 is 33.7 Å². The van der Waals surface area contributed by atoms with Gasteiger partial charge in [0.05, 0.1) is 16.4 Å². The van der Waals surface area contributed by atoms with E-state index in [4.69, 9.17) is 9.51 Å². The number of benzene rings is 2. The van der Waals surface area contributed by atoms with Crippen molar-refractivity contribution in [3.63, 3.8) is 0 Å². The highest BCUT2D eigenvalue weighted by atomic mass is 16.5. The average molecular weight is 332 g/mol. The molecular formula is C19H16N4O2. The van der Waals surface area contributed by atoms with Crippen molar-refractivity contribution in [3.05, 3.63) is 54.4 Å². The van der Waals surface area contributed by atoms with Crippen LogP contribution in [-0.2, 0) is 11.8 Å². The number of hydrogen-bond donors (Lipinski definition) is 0. The van der Waals surface area contributed by atoms with Crippen LogP contribution in [-0.4, -0.2) is 27.2 Å². The first-order valence-corrected chi connectivity index (χ1v) is 8.28. The summed E-state index contributed by atoms with van der Waals surface area (Å²) in [6.45, 7) is 0.562. The van der Waals surface area contributed by atoms with Crippen LogP contribution in [0.5, 0.6) is 0 Å². The van der Waals surface area contributed by atoms with E-state index in [-0.39, 0.29) is 11.8 Å². The number of hydrogen-bond acceptors (Lipinski definition) is 4. The lowest BCUT2D eigenvalue weighted by Crippen LogP contribution is -2.25. The molecule has 6 heteroatoms. The maximum Gasteiger partial charge on any atom is 0.229 e. The van der Waals surface area contributed by atoms with Gasteiger partial charge in [-0.2, -0.15) is 0 Å². The predicted molar refractivity (Wildman–Crippen MR) is 94.4 cm³/mol. The third-order valence-electron chi connectivity index (χ3n) is 4.93. The van der Waals surface area contributed by atoms with Crippen LogP contribution >= 0.6 is 0 Å². The number of aromatic nitrogens is 3. The largest absolute Gasteiger partial charge is 0.354 e. The zero-order valence-corrected chi connectivity index (χ0v) is 13.7. The first-order chi connectivity index (χ1) is 12.2. The van der Waals surface area contributed by atoms with E-state index in [0.29, 0.717) is 24.4 Å². The minimum atomic E-state index is 0.0420. The standard InChI is InChI=1S/C19H16N4O2/c1-22-15-8-4-3-7-14(15)20-18(22)12-10-17(24)23(11-12)19-13-6-2-5-9-16(13)25-21-19/h2-9,12H,10-11H2,1H3. The maximum absolute atomic E-state index is 12.6. The number of aryl methyl sites for hydroxylation is 1. The van der Waals surface area contributed by atoms with Crippen molar-refractivity contribution in [1.82, 2.24) is 14.7 Å². The van der Waals surface area contributed by atoms with E-state index in [0.717, 1.165) is 22.2 Å². The van der Waals surface area contributed by atoms with Gasteiger partial charge in [0, 0.05) is 25.9 Å². The monoisotopic (exact) mass is 332 g/mol. The molecule has 1 atom stereocenters. The van der Waals surface area contributed by atoms with E-state index < -0.39 is 0 Å². The van der Waals surface area contributed by atoms with Crippen molar-refractivity contribution in [1.29, 1.82) is 0 Å². The molecule has 0 saturated carbocycles. The summed E-state index contributed by atoms with van der Waals surface area (Å²) in [6.07, 6.45) is 0.429. The Morgan fingerprint density at radius 3 is 2.80 bits per heavy atom. The molecule has 2 aromatic carbocycles. The molecule has 1 aliphatic rings. The van der Waals surface area contributed by atoms with Crippen molar-refractivity contribution < 1.29 is 9.32 Å². The van der Waals surface area contributed by atoms with Crippen LogP contribution < -0.4 is 4.90 Å². The van der Waals surface area contributed by atoms with Crippen LogP contribution in [0.25, 0.3) is 22.0 Å². The number of rotatable bonds is 2. The van der Waals surface area contributed by atoms with Gasteiger partial charge in [-0.3, -0.25) is 9.69 Å². The molecule has 1 fully saturated rings. The van der Waals surface area contributed by atoms with E-state index in [9.17, 15) is 4.79 Å². The number of anilines is 1. The van der Waals surface area contributed by atoms with Gasteiger partial charge in [-0.1, -0.05) is 29.4 Å². The van der Waals surface area contributed by atoms with Crippen LogP contribution in [0.2, 0.25) is 0 Å². The number of imidazole rings is 1. The Bertz CT molecular complexity index is 1110. The average Bonchev–Trinajstić information content (AvgIpc) is 3.31. The zero-order chi connectivity index (χ0) is 17.0. The first-order valence-electron chi connectivity index (χ1n) is 8.28. The van der Waals surface area contributed by atoms with Gasteiger partial charge in [0.25, 0.3) is 0 Å². The van der Waals surface area contributed by atoms with Crippen LogP contribution in [0.4, 0.5) is 5.82 Å². The molecule has 124 valence electrons. The lowest BCUT2D eigenvalue weighted by Gasteiger charge is -2.13. The molecule has 0 radical (unpaired) electrons. The van der Waals surface area contributed by atoms with Crippen LogP contribution in [0.1, 0.15) is 18.2 Å². The second kappa shape index (κ2) is 5.17. The van der Waals surface area contributed by atoms with E-state index in [1.807, 2.05) is 55.6 Å². The minimum absolute atomic E-state index is 0.0420. The number of carbonyl (C=O) groups excluding carboxylic acids is 1. The summed E-state index contributed by atoms with van der Waals surface area (Å²) in [4.78, 5) is 19.1. The van der Waals surface area contributed by atoms with Gasteiger partial charge in [0.15, 0.2) is 11.4 Å². The summed E-state index contributed by atoms with van der Waals surface area (Å²) in [7, 11) is 2.00. The van der Waals surface area contributed by atoms with Crippen LogP contribution in [0.15, 0.2) is 53.1 Å². The molecule has 4 aromatic rings. The highest BCUT2D eigenvalue weighted by molar-refractivity contribution is 6.02. The Morgan fingerprint density at radius 2 is 1.92 bits per heavy atom. The van der Waals surface area contributed by atoms with E-state index in [1.54, 1.807) is 4.90 Å². The van der Waals surface area contributed by atoms with Crippen molar-refractivity contribution in [2.75, 3.05) is 11.4 Å². The fraction of sp³-hybridized carbons (Fsp3) is 0.211. The number of nitrogens with zero attached hydrogens (tertiary/aromatic N) is 4. The molecule has 1 saturated heterocycles. The molecule has 2 aromatic heterocycles. The molecule has 0 spiro atoms. The topological polar surface area (TPSA) is 64.2 Å². The Hall–Kier alpha value is -3.15. The zero-order valence-electron chi connectivity index (χ0n) is 13.7. The van der Waals surface area contributed by atoms with Crippen LogP contribution in [0, 0.1) is 0 Å². The van der Waals surface area contributed by atoms with Crippen LogP contribution in [0.3, 0.4) is 0 Å². The van der Waals surface area contributed by atoms with E-state index in [1.165, 1.54) is 0 Å². The molecule has 1 amide bonds. The quantitative estimate of drug-likeness (QED) is 0.565. The third kappa shape index (κ3) is 2.07. The molecule has 25 heavy (non-hydrogen) atoms. The summed E-state index contributed by atoms with van der Waals surface area (Å²) in [5.74, 6) is 1.63. The lowest BCUT2D eigenvalue weighted by atomic mass is 10.1. The molecular weight excluding hydrogens is 316 g/mol. The predicted octanol–water partition coefficient (Wildman–Crippen LogP) is 3.24. The summed E-state index contributed by atoms with van der Waals surface area (Å²) in [6, 6.07) is 15.6. The second-order valence-corrected chi connectivity index (χ2v) is 6.43. The van der Waals surface area contributed by atoms with E-state index in [2.05, 4.69) is 9.72 Å². The molecule has 1 unspecified atom stereocenters. The van der Waals surface area contributed by atoms with Crippen molar-refractivity contribution in [2.45, 2.75) is 12.3 Å². The van der Waals surface area contributed by atoms with Gasteiger partial charge in [0.2, 0.25) is 5.91 Å². The third-order valence-corrected chi connectivity index (χ3v) is 4.93. The molecule has 0 N–H and O–H groups in total. The molecule has 3 heterocycles. The lowest BCUT2D eigenvalue weighted by molar-refractivity contribution is -0.117. The van der Waals surface area contributed by atoms with Gasteiger partial charge in [-0.05, 0) is 24.3 Å². The van der Waals surface area contributed by atoms with Crippen molar-refractivity contribution in [2.24, 2.45) is 7.05 Å².